The summed E-state index contributed by atoms with van der Waals surface area (Å²) in [6, 6.07) is 0.000618. The highest BCUT2D eigenvalue weighted by Crippen LogP contribution is 2.47. The van der Waals surface area contributed by atoms with Crippen molar-refractivity contribution in [3.05, 3.63) is 0 Å². The van der Waals surface area contributed by atoms with Crippen molar-refractivity contribution in [3.8, 4) is 0 Å². The number of carbonyl (C=O) groups excluding carboxylic acids is 2. The molecule has 0 aromatic rings. The van der Waals surface area contributed by atoms with Gasteiger partial charge in [0.25, 0.3) is 0 Å². The van der Waals surface area contributed by atoms with Crippen molar-refractivity contribution in [2.45, 2.75) is 39.7 Å². The molecule has 0 aromatic carbocycles. The Hall–Kier alpha value is -1.59. The number of carbonyl (C=O) groups is 3. The van der Waals surface area contributed by atoms with Gasteiger partial charge in [-0.15, -0.1) is 0 Å². The van der Waals surface area contributed by atoms with E-state index in [1.165, 1.54) is 4.90 Å². The fourth-order valence-corrected chi connectivity index (χ4v) is 1.82. The van der Waals surface area contributed by atoms with Crippen LogP contribution >= 0.6 is 0 Å². The van der Waals surface area contributed by atoms with Crippen molar-refractivity contribution in [1.29, 1.82) is 0 Å². The first-order valence-corrected chi connectivity index (χ1v) is 6.15. The van der Waals surface area contributed by atoms with Crippen LogP contribution in [0.4, 0.5) is 0 Å². The average Bonchev–Trinajstić information content (AvgIpc) is 3.04. The number of nitrogens with zero attached hydrogens (tertiary/aromatic N) is 1. The van der Waals surface area contributed by atoms with Gasteiger partial charge < -0.3 is 15.3 Å². The molecule has 0 radical (unpaired) electrons. The van der Waals surface area contributed by atoms with Crippen LogP contribution < -0.4 is 5.32 Å². The molecule has 1 aliphatic carbocycles. The number of nitrogens with one attached hydrogen (secondary N) is 1. The summed E-state index contributed by atoms with van der Waals surface area (Å²) >= 11 is 0. The number of hydrogen-bond donors (Lipinski definition) is 2. The maximum atomic E-state index is 12.1. The maximum absolute atomic E-state index is 12.1. The predicted octanol–water partition coefficient (Wildman–Crippen LogP) is 0.224. The minimum absolute atomic E-state index is 0.000618. The van der Waals surface area contributed by atoms with Crippen molar-refractivity contribution in [3.63, 3.8) is 0 Å². The molecule has 0 unspecified atom stereocenters. The lowest BCUT2D eigenvalue weighted by Crippen LogP contribution is -2.46. The molecule has 1 fully saturated rings. The number of hydrogen-bond acceptors (Lipinski definition) is 3. The van der Waals surface area contributed by atoms with Crippen LogP contribution in [0.25, 0.3) is 0 Å². The van der Waals surface area contributed by atoms with Gasteiger partial charge in [0.2, 0.25) is 11.8 Å². The fourth-order valence-electron chi connectivity index (χ4n) is 1.82. The molecule has 6 nitrogen and oxygen atoms in total. The van der Waals surface area contributed by atoms with E-state index in [-0.39, 0.29) is 18.5 Å². The number of likely N-dealkylation sites (N-methyl/N-ethyl adjacent to an activating group) is 1. The molecule has 102 valence electrons. The first-order chi connectivity index (χ1) is 8.33. The van der Waals surface area contributed by atoms with E-state index in [0.717, 1.165) is 0 Å². The molecule has 0 atom stereocenters. The van der Waals surface area contributed by atoms with Gasteiger partial charge in [0.1, 0.15) is 5.41 Å². The van der Waals surface area contributed by atoms with E-state index in [1.807, 2.05) is 13.8 Å². The Bertz CT molecular complexity index is 361. The molecule has 1 saturated carbocycles. The quantitative estimate of drug-likeness (QED) is 0.666. The predicted molar refractivity (Wildman–Crippen MR) is 64.8 cm³/mol. The van der Waals surface area contributed by atoms with Crippen LogP contribution in [0.1, 0.15) is 33.6 Å². The van der Waals surface area contributed by atoms with Crippen molar-refractivity contribution in [2.75, 3.05) is 13.1 Å². The monoisotopic (exact) mass is 256 g/mol. The summed E-state index contributed by atoms with van der Waals surface area (Å²) < 4.78 is 0. The molecular weight excluding hydrogens is 236 g/mol. The summed E-state index contributed by atoms with van der Waals surface area (Å²) in [6.07, 6.45) is 0.729. The van der Waals surface area contributed by atoms with Gasteiger partial charge in [0, 0.05) is 12.6 Å². The lowest BCUT2D eigenvalue weighted by molar-refractivity contribution is -0.154. The van der Waals surface area contributed by atoms with Crippen LogP contribution in [0.2, 0.25) is 0 Å². The summed E-state index contributed by atoms with van der Waals surface area (Å²) in [5.41, 5.74) is -1.27. The zero-order valence-corrected chi connectivity index (χ0v) is 11.0. The van der Waals surface area contributed by atoms with E-state index < -0.39 is 17.3 Å². The van der Waals surface area contributed by atoms with E-state index in [2.05, 4.69) is 5.32 Å². The Morgan fingerprint density at radius 3 is 2.22 bits per heavy atom. The maximum Gasteiger partial charge on any atom is 0.319 e. The molecule has 2 amide bonds. The highest BCUT2D eigenvalue weighted by molar-refractivity contribution is 6.05. The summed E-state index contributed by atoms with van der Waals surface area (Å²) in [6.45, 7) is 5.64. The van der Waals surface area contributed by atoms with E-state index in [1.54, 1.807) is 6.92 Å². The van der Waals surface area contributed by atoms with Crippen molar-refractivity contribution >= 4 is 17.8 Å². The molecule has 2 N–H and O–H groups in total. The summed E-state index contributed by atoms with van der Waals surface area (Å²) in [5, 5.41) is 11.7. The second-order valence-corrected chi connectivity index (χ2v) is 4.93. The van der Waals surface area contributed by atoms with Gasteiger partial charge in [-0.05, 0) is 33.6 Å². The minimum Gasteiger partial charge on any atom is -0.480 e. The average molecular weight is 256 g/mol. The van der Waals surface area contributed by atoms with E-state index >= 15 is 0 Å². The van der Waals surface area contributed by atoms with Crippen molar-refractivity contribution in [2.24, 2.45) is 5.41 Å². The van der Waals surface area contributed by atoms with Gasteiger partial charge in [-0.3, -0.25) is 14.4 Å². The lowest BCUT2D eigenvalue weighted by Gasteiger charge is -2.24. The van der Waals surface area contributed by atoms with Gasteiger partial charge >= 0.3 is 5.97 Å². The number of aliphatic carboxylic acids is 1. The van der Waals surface area contributed by atoms with E-state index in [9.17, 15) is 14.4 Å². The molecule has 0 spiro atoms. The highest BCUT2D eigenvalue weighted by Gasteiger charge is 2.58. The van der Waals surface area contributed by atoms with Gasteiger partial charge in [-0.2, -0.15) is 0 Å². The second-order valence-electron chi connectivity index (χ2n) is 4.93. The Labute approximate surface area is 106 Å². The van der Waals surface area contributed by atoms with Crippen LogP contribution in [0.3, 0.4) is 0 Å². The topological polar surface area (TPSA) is 86.7 Å². The second kappa shape index (κ2) is 5.37. The normalized spacial score (nSPS) is 16.2. The Morgan fingerprint density at radius 2 is 1.89 bits per heavy atom. The number of carboxylic acids is 1. The van der Waals surface area contributed by atoms with Crippen LogP contribution in [-0.2, 0) is 14.4 Å². The van der Waals surface area contributed by atoms with Gasteiger partial charge in [0.05, 0.1) is 6.54 Å². The first-order valence-electron chi connectivity index (χ1n) is 6.15. The van der Waals surface area contributed by atoms with Crippen LogP contribution in [0.15, 0.2) is 0 Å². The SMILES string of the molecule is CCN(CC(=O)NC(C)C)C(=O)C1(C(=O)O)CC1. The molecule has 18 heavy (non-hydrogen) atoms. The smallest absolute Gasteiger partial charge is 0.319 e. The number of amides is 2. The van der Waals surface area contributed by atoms with Crippen molar-refractivity contribution in [1.82, 2.24) is 10.2 Å². The molecule has 6 heteroatoms. The molecule has 1 rings (SSSR count). The molecular formula is C12H20N2O4. The van der Waals surface area contributed by atoms with Crippen molar-refractivity contribution < 1.29 is 19.5 Å². The number of rotatable bonds is 6. The molecule has 0 heterocycles. The first kappa shape index (κ1) is 14.5. The third-order valence-corrected chi connectivity index (χ3v) is 3.02. The Kier molecular flexibility index (Phi) is 4.32. The zero-order chi connectivity index (χ0) is 13.9. The largest absolute Gasteiger partial charge is 0.480 e. The Morgan fingerprint density at radius 1 is 1.33 bits per heavy atom. The van der Waals surface area contributed by atoms with Crippen LogP contribution in [0, 0.1) is 5.41 Å². The highest BCUT2D eigenvalue weighted by atomic mass is 16.4. The van der Waals surface area contributed by atoms with E-state index in [0.29, 0.717) is 19.4 Å². The fraction of sp³-hybridized carbons (Fsp3) is 0.750. The molecule has 1 aliphatic rings. The molecule has 0 saturated heterocycles. The lowest BCUT2D eigenvalue weighted by atomic mass is 10.1. The third-order valence-electron chi connectivity index (χ3n) is 3.02. The zero-order valence-electron chi connectivity index (χ0n) is 11.0. The third kappa shape index (κ3) is 3.00. The standard InChI is InChI=1S/C12H20N2O4/c1-4-14(7-9(15)13-8(2)3)10(16)12(5-6-12)11(17)18/h8H,4-7H2,1-3H3,(H,13,15)(H,17,18). The number of carboxylic acid groups (broad SMARTS) is 1. The minimum atomic E-state index is -1.27. The van der Waals surface area contributed by atoms with Gasteiger partial charge in [0.15, 0.2) is 0 Å². The molecule has 0 bridgehead atoms. The van der Waals surface area contributed by atoms with Gasteiger partial charge in [-0.25, -0.2) is 0 Å². The van der Waals surface area contributed by atoms with Gasteiger partial charge in [-0.1, -0.05) is 0 Å². The molecule has 0 aromatic heterocycles. The molecule has 0 aliphatic heterocycles. The van der Waals surface area contributed by atoms with Crippen LogP contribution in [-0.4, -0.2) is 46.9 Å². The Balaban J connectivity index is 2.64. The summed E-state index contributed by atoms with van der Waals surface area (Å²) in [4.78, 5) is 36.0. The summed E-state index contributed by atoms with van der Waals surface area (Å²) in [5.74, 6) is -1.80. The summed E-state index contributed by atoms with van der Waals surface area (Å²) in [7, 11) is 0. The van der Waals surface area contributed by atoms with Crippen LogP contribution in [0.5, 0.6) is 0 Å². The van der Waals surface area contributed by atoms with E-state index in [4.69, 9.17) is 5.11 Å².